The van der Waals surface area contributed by atoms with E-state index in [1.54, 1.807) is 11.0 Å². The average molecular weight is 231 g/mol. The molecule has 5 nitrogen and oxygen atoms in total. The summed E-state index contributed by atoms with van der Waals surface area (Å²) in [7, 11) is 1.88. The second kappa shape index (κ2) is 5.54. The molecule has 0 amide bonds. The minimum Gasteiger partial charge on any atom is -0.310 e. The van der Waals surface area contributed by atoms with Crippen molar-refractivity contribution in [3.05, 3.63) is 42.2 Å². The van der Waals surface area contributed by atoms with Gasteiger partial charge in [0.25, 0.3) is 0 Å². The lowest BCUT2D eigenvalue weighted by atomic mass is 10.1. The van der Waals surface area contributed by atoms with Gasteiger partial charge in [-0.15, -0.1) is 0 Å². The van der Waals surface area contributed by atoms with E-state index in [2.05, 4.69) is 27.3 Å². The lowest BCUT2D eigenvalue weighted by Crippen LogP contribution is -2.21. The number of aromatic nitrogens is 4. The Kier molecular flexibility index (Phi) is 3.82. The highest BCUT2D eigenvalue weighted by atomic mass is 15.3. The van der Waals surface area contributed by atoms with Crippen molar-refractivity contribution in [2.24, 2.45) is 7.05 Å². The predicted octanol–water partition coefficient (Wildman–Crippen LogP) is 1.10. The lowest BCUT2D eigenvalue weighted by Gasteiger charge is -2.12. The van der Waals surface area contributed by atoms with Crippen molar-refractivity contribution in [2.75, 3.05) is 6.54 Å². The van der Waals surface area contributed by atoms with Gasteiger partial charge in [-0.3, -0.25) is 9.67 Å². The first-order valence-corrected chi connectivity index (χ1v) is 5.73. The van der Waals surface area contributed by atoms with E-state index in [-0.39, 0.29) is 0 Å². The first-order valence-electron chi connectivity index (χ1n) is 5.73. The third kappa shape index (κ3) is 3.35. The highest BCUT2D eigenvalue weighted by Crippen LogP contribution is 2.09. The van der Waals surface area contributed by atoms with Gasteiger partial charge in [0.2, 0.25) is 0 Å². The van der Waals surface area contributed by atoms with Crippen LogP contribution in [-0.2, 0) is 13.5 Å². The van der Waals surface area contributed by atoms with Gasteiger partial charge in [-0.25, -0.2) is 4.98 Å². The van der Waals surface area contributed by atoms with Crippen molar-refractivity contribution in [3.8, 4) is 0 Å². The zero-order valence-corrected chi connectivity index (χ0v) is 10.2. The van der Waals surface area contributed by atoms with Gasteiger partial charge in [-0.05, 0) is 24.6 Å². The Bertz CT molecular complexity index is 451. The van der Waals surface area contributed by atoms with Gasteiger partial charge >= 0.3 is 0 Å². The Labute approximate surface area is 101 Å². The highest BCUT2D eigenvalue weighted by Gasteiger charge is 2.04. The van der Waals surface area contributed by atoms with Crippen LogP contribution in [0.15, 0.2) is 30.9 Å². The largest absolute Gasteiger partial charge is 0.310 e. The highest BCUT2D eigenvalue weighted by molar-refractivity contribution is 5.13. The maximum absolute atomic E-state index is 4.24. The molecule has 17 heavy (non-hydrogen) atoms. The number of rotatable bonds is 5. The van der Waals surface area contributed by atoms with E-state index in [0.717, 1.165) is 18.8 Å². The molecule has 0 aromatic carbocycles. The van der Waals surface area contributed by atoms with Crippen molar-refractivity contribution < 1.29 is 0 Å². The molecule has 0 fully saturated rings. The zero-order valence-electron chi connectivity index (χ0n) is 10.2. The van der Waals surface area contributed by atoms with Gasteiger partial charge in [0.1, 0.15) is 6.33 Å². The van der Waals surface area contributed by atoms with Crippen LogP contribution in [-0.4, -0.2) is 26.3 Å². The van der Waals surface area contributed by atoms with Crippen LogP contribution >= 0.6 is 0 Å². The molecule has 90 valence electrons. The standard InChI is InChI=1S/C12H17N5/c1-10(11-3-6-13-7-4-11)14-8-5-12-15-9-17(2)16-12/h3-4,6-7,9-10,14H,5,8H2,1-2H3. The van der Waals surface area contributed by atoms with Gasteiger partial charge in [0.05, 0.1) is 0 Å². The Morgan fingerprint density at radius 2 is 2.12 bits per heavy atom. The smallest absolute Gasteiger partial charge is 0.151 e. The molecule has 2 rings (SSSR count). The number of hydrogen-bond acceptors (Lipinski definition) is 4. The molecule has 2 heterocycles. The van der Waals surface area contributed by atoms with E-state index in [0.29, 0.717) is 6.04 Å². The number of hydrogen-bond donors (Lipinski definition) is 1. The topological polar surface area (TPSA) is 55.6 Å². The molecule has 0 radical (unpaired) electrons. The van der Waals surface area contributed by atoms with Crippen LogP contribution in [0.4, 0.5) is 0 Å². The molecule has 0 aliphatic rings. The van der Waals surface area contributed by atoms with E-state index in [9.17, 15) is 0 Å². The van der Waals surface area contributed by atoms with Crippen molar-refractivity contribution in [2.45, 2.75) is 19.4 Å². The monoisotopic (exact) mass is 231 g/mol. The van der Waals surface area contributed by atoms with Crippen LogP contribution in [0.25, 0.3) is 0 Å². The Balaban J connectivity index is 1.79. The van der Waals surface area contributed by atoms with Crippen molar-refractivity contribution >= 4 is 0 Å². The second-order valence-electron chi connectivity index (χ2n) is 4.04. The molecule has 0 aliphatic heterocycles. The van der Waals surface area contributed by atoms with E-state index in [1.165, 1.54) is 5.56 Å². The molecule has 2 aromatic rings. The molecule has 0 saturated carbocycles. The minimum atomic E-state index is 0.321. The maximum Gasteiger partial charge on any atom is 0.151 e. The van der Waals surface area contributed by atoms with Gasteiger partial charge < -0.3 is 5.32 Å². The Hall–Kier alpha value is -1.75. The molecular formula is C12H17N5. The maximum atomic E-state index is 4.24. The van der Waals surface area contributed by atoms with Gasteiger partial charge in [0, 0.05) is 38.4 Å². The van der Waals surface area contributed by atoms with E-state index < -0.39 is 0 Å². The van der Waals surface area contributed by atoms with Crippen molar-refractivity contribution in [1.82, 2.24) is 25.1 Å². The number of nitrogens with one attached hydrogen (secondary N) is 1. The van der Waals surface area contributed by atoms with Gasteiger partial charge in [0.15, 0.2) is 5.82 Å². The first-order chi connectivity index (χ1) is 8.25. The Morgan fingerprint density at radius 3 is 2.76 bits per heavy atom. The van der Waals surface area contributed by atoms with Crippen molar-refractivity contribution in [3.63, 3.8) is 0 Å². The molecular weight excluding hydrogens is 214 g/mol. The summed E-state index contributed by atoms with van der Waals surface area (Å²) in [6, 6.07) is 4.37. The fourth-order valence-electron chi connectivity index (χ4n) is 1.67. The SMILES string of the molecule is CC(NCCc1ncn(C)n1)c1ccncc1. The van der Waals surface area contributed by atoms with Gasteiger partial charge in [-0.2, -0.15) is 5.10 Å². The number of aryl methyl sites for hydroxylation is 1. The molecule has 5 heteroatoms. The molecule has 0 saturated heterocycles. The van der Waals surface area contributed by atoms with Crippen molar-refractivity contribution in [1.29, 1.82) is 0 Å². The minimum absolute atomic E-state index is 0.321. The summed E-state index contributed by atoms with van der Waals surface area (Å²) in [4.78, 5) is 8.20. The third-order valence-corrected chi connectivity index (χ3v) is 2.65. The molecule has 1 atom stereocenters. The van der Waals surface area contributed by atoms with Crippen LogP contribution in [0.5, 0.6) is 0 Å². The third-order valence-electron chi connectivity index (χ3n) is 2.65. The van der Waals surface area contributed by atoms with E-state index >= 15 is 0 Å². The van der Waals surface area contributed by atoms with Crippen LogP contribution in [0.3, 0.4) is 0 Å². The van der Waals surface area contributed by atoms with Crippen LogP contribution in [0.2, 0.25) is 0 Å². The quantitative estimate of drug-likeness (QED) is 0.837. The van der Waals surface area contributed by atoms with Gasteiger partial charge in [-0.1, -0.05) is 0 Å². The molecule has 0 bridgehead atoms. The molecule has 2 aromatic heterocycles. The predicted molar refractivity (Wildman–Crippen MR) is 65.4 cm³/mol. The molecule has 0 spiro atoms. The summed E-state index contributed by atoms with van der Waals surface area (Å²) < 4.78 is 1.72. The second-order valence-corrected chi connectivity index (χ2v) is 4.04. The summed E-state index contributed by atoms with van der Waals surface area (Å²) in [5.74, 6) is 0.877. The fraction of sp³-hybridized carbons (Fsp3) is 0.417. The summed E-state index contributed by atoms with van der Waals surface area (Å²) in [6.07, 6.45) is 6.19. The number of nitrogens with zero attached hydrogens (tertiary/aromatic N) is 4. The fourth-order valence-corrected chi connectivity index (χ4v) is 1.67. The zero-order chi connectivity index (χ0) is 12.1. The normalized spacial score (nSPS) is 12.6. The van der Waals surface area contributed by atoms with E-state index in [1.807, 2.05) is 31.6 Å². The molecule has 1 N–H and O–H groups in total. The summed E-state index contributed by atoms with van der Waals surface area (Å²) in [5.41, 5.74) is 1.24. The number of pyridine rings is 1. The van der Waals surface area contributed by atoms with Crippen LogP contribution < -0.4 is 5.32 Å². The molecule has 0 aliphatic carbocycles. The van der Waals surface area contributed by atoms with E-state index in [4.69, 9.17) is 0 Å². The average Bonchev–Trinajstić information content (AvgIpc) is 2.76. The Morgan fingerprint density at radius 1 is 1.35 bits per heavy atom. The summed E-state index contributed by atoms with van der Waals surface area (Å²) in [6.45, 7) is 3.01. The van der Waals surface area contributed by atoms with Crippen LogP contribution in [0, 0.1) is 0 Å². The molecule has 1 unspecified atom stereocenters. The summed E-state index contributed by atoms with van der Waals surface area (Å²) in [5, 5.41) is 7.68. The lowest BCUT2D eigenvalue weighted by molar-refractivity contribution is 0.568. The van der Waals surface area contributed by atoms with Crippen LogP contribution in [0.1, 0.15) is 24.4 Å². The first kappa shape index (κ1) is 11.7. The summed E-state index contributed by atoms with van der Waals surface area (Å²) >= 11 is 0.